The number of halogens is 2. The molecule has 0 saturated carbocycles. The third-order valence-corrected chi connectivity index (χ3v) is 17.1. The van der Waals surface area contributed by atoms with Crippen molar-refractivity contribution in [1.82, 2.24) is 61.2 Å². The van der Waals surface area contributed by atoms with Crippen molar-refractivity contribution in [2.24, 2.45) is 0 Å². The summed E-state index contributed by atoms with van der Waals surface area (Å²) in [6.07, 6.45) is 8.19. The van der Waals surface area contributed by atoms with Crippen LogP contribution in [0.25, 0.3) is 0 Å². The standard InChI is InChI=1S/C66H82F2N14O8/c1-39(69-9)59(83)71-55(63(87)79-37-65(5,6)57-53(79)33-45(61(85)73-57)31-43-17-21-47(67)22-18-43)41(3)81-35-49(75-77-81)15-11-13-29-89-51-25-27-52(28-26-51)90-30-14-12-16-50-36-82(78-76-50)42(4)56(72-60(84)40(2)70-10)64(88)80-38-66(7,8)58-54(80)34-46(62(86)74-58)32-44-19-23-48(68)24-20-44/h17-28,33-36,39-42,55-56,69-70H,11-16,29-32,37-38H2,1-10H3,(H,71,83)(H,72,84)(H,73,85)(H,74,86)/t39-,40-,41-,42-,55-,56-/m0/s1. The number of H-pyrrole nitrogens is 2. The summed E-state index contributed by atoms with van der Waals surface area (Å²) < 4.78 is 42.7. The van der Waals surface area contributed by atoms with Crippen LogP contribution < -0.4 is 51.7 Å². The van der Waals surface area contributed by atoms with Gasteiger partial charge in [0.25, 0.3) is 22.9 Å². The molecule has 24 heteroatoms. The molecule has 22 nitrogen and oxygen atoms in total. The molecule has 90 heavy (non-hydrogen) atoms. The molecular formula is C66H82F2N14O8. The van der Waals surface area contributed by atoms with E-state index in [4.69, 9.17) is 9.47 Å². The fourth-order valence-corrected chi connectivity index (χ4v) is 11.3. The topological polar surface area (TPSA) is 268 Å². The Kier molecular flexibility index (Phi) is 20.6. The van der Waals surface area contributed by atoms with Gasteiger partial charge in [-0.1, -0.05) is 62.4 Å². The molecule has 6 atom stereocenters. The third kappa shape index (κ3) is 15.4. The van der Waals surface area contributed by atoms with Gasteiger partial charge >= 0.3 is 0 Å². The van der Waals surface area contributed by atoms with Crippen molar-refractivity contribution in [2.75, 3.05) is 50.2 Å². The van der Waals surface area contributed by atoms with Crippen molar-refractivity contribution < 1.29 is 37.4 Å². The van der Waals surface area contributed by atoms with E-state index in [-0.39, 0.29) is 72.3 Å². The number of benzene rings is 3. The predicted molar refractivity (Wildman–Crippen MR) is 337 cm³/mol. The first-order valence-corrected chi connectivity index (χ1v) is 30.7. The highest BCUT2D eigenvalue weighted by Gasteiger charge is 2.45. The van der Waals surface area contributed by atoms with E-state index in [0.717, 1.165) is 36.8 Å². The van der Waals surface area contributed by atoms with Crippen LogP contribution in [0.3, 0.4) is 0 Å². The first kappa shape index (κ1) is 65.5. The molecule has 6 N–H and O–H groups in total. The number of anilines is 2. The number of likely N-dealkylation sites (N-methyl/N-ethyl adjacent to an activating group) is 2. The minimum absolute atomic E-state index is 0.230. The van der Waals surface area contributed by atoms with Crippen molar-refractivity contribution in [1.29, 1.82) is 0 Å². The number of pyridine rings is 2. The predicted octanol–water partition coefficient (Wildman–Crippen LogP) is 6.47. The zero-order chi connectivity index (χ0) is 64.6. The van der Waals surface area contributed by atoms with Gasteiger partial charge in [-0.05, 0) is 152 Å². The summed E-state index contributed by atoms with van der Waals surface area (Å²) in [5, 5.41) is 29.4. The number of aryl methyl sites for hydroxylation is 2. The molecule has 9 rings (SSSR count). The number of amides is 4. The van der Waals surface area contributed by atoms with E-state index in [1.807, 2.05) is 65.8 Å². The first-order valence-electron chi connectivity index (χ1n) is 30.7. The number of rotatable bonds is 28. The lowest BCUT2D eigenvalue weighted by atomic mass is 9.91. The van der Waals surface area contributed by atoms with Gasteiger partial charge in [0.15, 0.2) is 0 Å². The molecule has 2 aliphatic heterocycles. The second-order valence-corrected chi connectivity index (χ2v) is 24.9. The van der Waals surface area contributed by atoms with E-state index in [1.165, 1.54) is 24.3 Å². The molecule has 0 bridgehead atoms. The fraction of sp³-hybridized carbons (Fsp3) is 0.455. The van der Waals surface area contributed by atoms with Gasteiger partial charge in [0, 0.05) is 71.7 Å². The van der Waals surface area contributed by atoms with Crippen LogP contribution in [0.5, 0.6) is 11.5 Å². The molecule has 6 heterocycles. The Labute approximate surface area is 521 Å². The average molecular weight is 1240 g/mol. The summed E-state index contributed by atoms with van der Waals surface area (Å²) in [6.45, 7) is 16.2. The van der Waals surface area contributed by atoms with Crippen LogP contribution in [0.15, 0.2) is 107 Å². The second kappa shape index (κ2) is 28.3. The zero-order valence-corrected chi connectivity index (χ0v) is 52.8. The number of ether oxygens (including phenoxy) is 2. The molecule has 0 unspecified atom stereocenters. The number of fused-ring (bicyclic) bond motifs is 2. The summed E-state index contributed by atoms with van der Waals surface area (Å²) in [7, 11) is 3.33. The molecule has 0 radical (unpaired) electrons. The molecule has 2 aliphatic rings. The number of carbonyl (C=O) groups is 4. The monoisotopic (exact) mass is 1240 g/mol. The van der Waals surface area contributed by atoms with E-state index in [1.54, 1.807) is 95.9 Å². The van der Waals surface area contributed by atoms with Crippen LogP contribution in [-0.2, 0) is 55.7 Å². The number of hydrogen-bond acceptors (Lipinski definition) is 14. The van der Waals surface area contributed by atoms with Crippen molar-refractivity contribution in [3.8, 4) is 11.5 Å². The molecule has 7 aromatic rings. The number of unbranched alkanes of at least 4 members (excludes halogenated alkanes) is 2. The van der Waals surface area contributed by atoms with Gasteiger partial charge in [0.05, 0.1) is 60.1 Å². The molecule has 478 valence electrons. The van der Waals surface area contributed by atoms with Gasteiger partial charge in [-0.25, -0.2) is 18.1 Å². The maximum absolute atomic E-state index is 14.8. The summed E-state index contributed by atoms with van der Waals surface area (Å²) in [4.78, 5) is 92.4. The number of carbonyl (C=O) groups excluding carboxylic acids is 4. The van der Waals surface area contributed by atoms with Crippen LogP contribution in [0, 0.1) is 11.6 Å². The normalized spacial score (nSPS) is 15.9. The lowest BCUT2D eigenvalue weighted by Crippen LogP contribution is -2.55. The number of aromatic amines is 2. The smallest absolute Gasteiger partial charge is 0.251 e. The molecule has 3 aromatic carbocycles. The maximum atomic E-state index is 14.8. The molecule has 0 saturated heterocycles. The molecule has 0 aliphatic carbocycles. The average Bonchev–Trinajstić information content (AvgIpc) is 1.60. The van der Waals surface area contributed by atoms with E-state index in [0.29, 0.717) is 82.8 Å². The van der Waals surface area contributed by atoms with Crippen molar-refractivity contribution >= 4 is 35.0 Å². The van der Waals surface area contributed by atoms with E-state index in [9.17, 15) is 37.5 Å². The van der Waals surface area contributed by atoms with Crippen LogP contribution in [0.1, 0.15) is 138 Å². The Morgan fingerprint density at radius 1 is 0.567 bits per heavy atom. The summed E-state index contributed by atoms with van der Waals surface area (Å²) in [5.41, 5.74) is 4.26. The molecule has 0 spiro atoms. The summed E-state index contributed by atoms with van der Waals surface area (Å²) in [5.74, 6) is -0.854. The Bertz CT molecular complexity index is 3540. The number of hydrogen-bond donors (Lipinski definition) is 6. The van der Waals surface area contributed by atoms with Gasteiger partial charge in [-0.3, -0.25) is 28.8 Å². The highest BCUT2D eigenvalue weighted by atomic mass is 19.1. The van der Waals surface area contributed by atoms with Gasteiger partial charge in [-0.2, -0.15) is 0 Å². The minimum atomic E-state index is -1.06. The van der Waals surface area contributed by atoms with E-state index >= 15 is 0 Å². The second-order valence-electron chi connectivity index (χ2n) is 24.9. The maximum Gasteiger partial charge on any atom is 0.251 e. The highest BCUT2D eigenvalue weighted by Crippen LogP contribution is 2.41. The molecule has 0 fully saturated rings. The number of nitrogens with zero attached hydrogens (tertiary/aromatic N) is 8. The van der Waals surface area contributed by atoms with Crippen LogP contribution in [0.2, 0.25) is 0 Å². The third-order valence-electron chi connectivity index (χ3n) is 17.1. The molecular weight excluding hydrogens is 1150 g/mol. The largest absolute Gasteiger partial charge is 0.494 e. The van der Waals surface area contributed by atoms with Gasteiger partial charge in [-0.15, -0.1) is 10.2 Å². The lowest BCUT2D eigenvalue weighted by molar-refractivity contribution is -0.129. The SMILES string of the molecule is CN[C@@H](C)C(=O)N[C@H](C(=O)N1CC(C)(C)c2[nH]c(=O)c(Cc3ccc(F)cc3)cc21)[C@H](C)n1cc(CCCCOc2ccc(OCCCCc3cn([C@@H](C)[C@H](NC(=O)[C@H](C)NC)C(=O)N4CC(C)(C)c5[nH]c(=O)c(Cc6ccc(F)cc6)cc54)nn3)cc2)nn1. The first-order chi connectivity index (χ1) is 42.9. The van der Waals surface area contributed by atoms with Crippen molar-refractivity contribution in [3.63, 3.8) is 0 Å². The van der Waals surface area contributed by atoms with E-state index in [2.05, 4.69) is 51.9 Å². The Morgan fingerprint density at radius 3 is 1.29 bits per heavy atom. The summed E-state index contributed by atoms with van der Waals surface area (Å²) in [6, 6.07) is 18.1. The number of nitrogens with one attached hydrogen (secondary N) is 6. The number of aromatic nitrogens is 8. The molecule has 4 aromatic heterocycles. The summed E-state index contributed by atoms with van der Waals surface area (Å²) >= 11 is 0. The highest BCUT2D eigenvalue weighted by molar-refractivity contribution is 6.03. The van der Waals surface area contributed by atoms with Crippen molar-refractivity contribution in [2.45, 2.75) is 154 Å². The minimum Gasteiger partial charge on any atom is -0.494 e. The van der Waals surface area contributed by atoms with Crippen LogP contribution in [-0.4, -0.2) is 128 Å². The Balaban J connectivity index is 0.735. The van der Waals surface area contributed by atoms with Crippen molar-refractivity contribution in [3.05, 3.63) is 175 Å². The zero-order valence-electron chi connectivity index (χ0n) is 52.8. The Morgan fingerprint density at radius 2 is 0.933 bits per heavy atom. The fourth-order valence-electron chi connectivity index (χ4n) is 11.3. The Hall–Kier alpha value is -8.90. The van der Waals surface area contributed by atoms with Gasteiger partial charge in [0.1, 0.15) is 35.2 Å². The molecule has 4 amide bonds. The van der Waals surface area contributed by atoms with Gasteiger partial charge < -0.3 is 50.5 Å². The lowest BCUT2D eigenvalue weighted by Gasteiger charge is -2.30. The van der Waals surface area contributed by atoms with Gasteiger partial charge in [0.2, 0.25) is 11.8 Å². The quantitative estimate of drug-likeness (QED) is 0.0287. The van der Waals surface area contributed by atoms with Crippen LogP contribution >= 0.6 is 0 Å². The van der Waals surface area contributed by atoms with E-state index < -0.39 is 47.1 Å². The van der Waals surface area contributed by atoms with Crippen LogP contribution in [0.4, 0.5) is 20.2 Å².